The highest BCUT2D eigenvalue weighted by atomic mass is 35.5. The van der Waals surface area contributed by atoms with E-state index in [-0.39, 0.29) is 11.8 Å². The number of rotatable bonds is 4. The van der Waals surface area contributed by atoms with Gasteiger partial charge >= 0.3 is 0 Å². The number of aliphatic hydroxyl groups excluding tert-OH is 1. The Morgan fingerprint density at radius 3 is 2.95 bits per heavy atom. The number of nitrogens with one attached hydrogen (secondary N) is 3. The van der Waals surface area contributed by atoms with Crippen LogP contribution in [-0.4, -0.2) is 41.7 Å². The van der Waals surface area contributed by atoms with E-state index in [0.717, 1.165) is 17.0 Å². The Bertz CT molecular complexity index is 640. The maximum atomic E-state index is 12.3. The van der Waals surface area contributed by atoms with Crippen LogP contribution in [0.2, 0.25) is 4.34 Å². The Kier molecular flexibility index (Phi) is 4.30. The number of carbonyl (C=O) groups is 1. The quantitative estimate of drug-likeness (QED) is 0.691. The number of aromatic amines is 1. The molecule has 3 rings (SSSR count). The number of hydrogen-bond donors (Lipinski definition) is 4. The van der Waals surface area contributed by atoms with Gasteiger partial charge in [0.15, 0.2) is 0 Å². The Labute approximate surface area is 131 Å². The van der Waals surface area contributed by atoms with Crippen LogP contribution in [0.5, 0.6) is 0 Å². The minimum absolute atomic E-state index is 0.0625. The van der Waals surface area contributed by atoms with E-state index in [0.29, 0.717) is 23.0 Å². The van der Waals surface area contributed by atoms with Crippen LogP contribution in [-0.2, 0) is 0 Å². The molecule has 0 bridgehead atoms. The van der Waals surface area contributed by atoms with Gasteiger partial charge in [-0.1, -0.05) is 11.6 Å². The van der Waals surface area contributed by atoms with Gasteiger partial charge in [-0.05, 0) is 12.1 Å². The second-order valence-electron chi connectivity index (χ2n) is 5.08. The zero-order valence-electron chi connectivity index (χ0n) is 11.2. The Balaban J connectivity index is 1.69. The average molecular weight is 326 g/mol. The number of hydrogen-bond acceptors (Lipinski definition) is 4. The van der Waals surface area contributed by atoms with Crippen LogP contribution in [0.3, 0.4) is 0 Å². The van der Waals surface area contributed by atoms with Crippen LogP contribution in [0, 0.1) is 5.92 Å². The molecule has 2 aromatic heterocycles. The summed E-state index contributed by atoms with van der Waals surface area (Å²) in [6.07, 6.45) is 3.08. The standard InChI is InChI=1S/C14H16ClN3O2S/c15-13-2-1-12(21-13)9-5-17-6-10(9)14(20)18-4-8-3-16-7-11(8)19/h1-2,5-6,8,11,16-17,19H,3-4,7H2,(H,18,20). The van der Waals surface area contributed by atoms with Crippen molar-refractivity contribution in [2.24, 2.45) is 5.92 Å². The molecule has 7 heteroatoms. The molecule has 4 N–H and O–H groups in total. The third kappa shape index (κ3) is 3.13. The van der Waals surface area contributed by atoms with Gasteiger partial charge in [-0.3, -0.25) is 4.79 Å². The van der Waals surface area contributed by atoms with Crippen molar-refractivity contribution in [1.82, 2.24) is 15.6 Å². The molecular formula is C14H16ClN3O2S. The smallest absolute Gasteiger partial charge is 0.253 e. The summed E-state index contributed by atoms with van der Waals surface area (Å²) in [6.45, 7) is 1.77. The Morgan fingerprint density at radius 1 is 1.43 bits per heavy atom. The molecule has 0 aliphatic carbocycles. The van der Waals surface area contributed by atoms with E-state index in [1.807, 2.05) is 12.1 Å². The zero-order valence-corrected chi connectivity index (χ0v) is 12.8. The van der Waals surface area contributed by atoms with E-state index in [1.54, 1.807) is 12.4 Å². The van der Waals surface area contributed by atoms with Gasteiger partial charge in [0, 0.05) is 48.4 Å². The molecule has 0 aromatic carbocycles. The van der Waals surface area contributed by atoms with E-state index >= 15 is 0 Å². The van der Waals surface area contributed by atoms with Crippen molar-refractivity contribution in [3.8, 4) is 10.4 Å². The summed E-state index contributed by atoms with van der Waals surface area (Å²) in [5, 5.41) is 15.7. The fourth-order valence-corrected chi connectivity index (χ4v) is 3.53. The zero-order chi connectivity index (χ0) is 14.8. The number of aromatic nitrogens is 1. The molecule has 1 fully saturated rings. The molecule has 0 spiro atoms. The van der Waals surface area contributed by atoms with Crippen molar-refractivity contribution in [2.75, 3.05) is 19.6 Å². The minimum Gasteiger partial charge on any atom is -0.391 e. The average Bonchev–Trinajstić information content (AvgIpc) is 3.16. The number of aliphatic hydroxyl groups is 1. The van der Waals surface area contributed by atoms with Crippen molar-refractivity contribution in [1.29, 1.82) is 0 Å². The van der Waals surface area contributed by atoms with Crippen LogP contribution in [0.25, 0.3) is 10.4 Å². The lowest BCUT2D eigenvalue weighted by Crippen LogP contribution is -2.34. The topological polar surface area (TPSA) is 77.2 Å². The van der Waals surface area contributed by atoms with Gasteiger partial charge in [0.05, 0.1) is 16.0 Å². The maximum absolute atomic E-state index is 12.3. The van der Waals surface area contributed by atoms with Crippen LogP contribution in [0.1, 0.15) is 10.4 Å². The molecule has 5 nitrogen and oxygen atoms in total. The second kappa shape index (κ2) is 6.19. The highest BCUT2D eigenvalue weighted by molar-refractivity contribution is 7.19. The van der Waals surface area contributed by atoms with Gasteiger partial charge in [-0.2, -0.15) is 0 Å². The second-order valence-corrected chi connectivity index (χ2v) is 6.80. The van der Waals surface area contributed by atoms with Gasteiger partial charge in [0.2, 0.25) is 0 Å². The fraction of sp³-hybridized carbons (Fsp3) is 0.357. The molecule has 1 saturated heterocycles. The van der Waals surface area contributed by atoms with Crippen molar-refractivity contribution in [3.63, 3.8) is 0 Å². The molecule has 0 radical (unpaired) electrons. The number of H-pyrrole nitrogens is 1. The molecule has 2 unspecified atom stereocenters. The number of carbonyl (C=O) groups excluding carboxylic acids is 1. The molecular weight excluding hydrogens is 310 g/mol. The predicted molar refractivity (Wildman–Crippen MR) is 83.8 cm³/mol. The van der Waals surface area contributed by atoms with Crippen LogP contribution < -0.4 is 10.6 Å². The van der Waals surface area contributed by atoms with Gasteiger partial charge in [0.1, 0.15) is 0 Å². The first-order valence-corrected chi connectivity index (χ1v) is 7.94. The third-order valence-corrected chi connectivity index (χ3v) is 4.92. The summed E-state index contributed by atoms with van der Waals surface area (Å²) in [5.74, 6) is -0.0811. The van der Waals surface area contributed by atoms with Crippen LogP contribution >= 0.6 is 22.9 Å². The van der Waals surface area contributed by atoms with Crippen molar-refractivity contribution >= 4 is 28.8 Å². The lowest BCUT2D eigenvalue weighted by Gasteiger charge is -2.14. The van der Waals surface area contributed by atoms with Gasteiger partial charge < -0.3 is 20.7 Å². The molecule has 0 saturated carbocycles. The molecule has 21 heavy (non-hydrogen) atoms. The summed E-state index contributed by atoms with van der Waals surface area (Å²) in [7, 11) is 0. The van der Waals surface area contributed by atoms with Crippen LogP contribution in [0.15, 0.2) is 24.5 Å². The van der Waals surface area contributed by atoms with Crippen molar-refractivity contribution in [2.45, 2.75) is 6.10 Å². The van der Waals surface area contributed by atoms with Crippen LogP contribution in [0.4, 0.5) is 0 Å². The summed E-state index contributed by atoms with van der Waals surface area (Å²) < 4.78 is 0.692. The molecule has 2 atom stereocenters. The Morgan fingerprint density at radius 2 is 2.29 bits per heavy atom. The molecule has 1 amide bonds. The van der Waals surface area contributed by atoms with E-state index in [1.165, 1.54) is 11.3 Å². The maximum Gasteiger partial charge on any atom is 0.253 e. The van der Waals surface area contributed by atoms with E-state index in [4.69, 9.17) is 11.6 Å². The van der Waals surface area contributed by atoms with Crippen molar-refractivity contribution in [3.05, 3.63) is 34.4 Å². The van der Waals surface area contributed by atoms with E-state index < -0.39 is 6.10 Å². The summed E-state index contributed by atoms with van der Waals surface area (Å²) >= 11 is 7.38. The summed E-state index contributed by atoms with van der Waals surface area (Å²) in [6, 6.07) is 3.72. The molecule has 112 valence electrons. The van der Waals surface area contributed by atoms with Crippen molar-refractivity contribution < 1.29 is 9.90 Å². The first-order chi connectivity index (χ1) is 10.1. The first kappa shape index (κ1) is 14.6. The van der Waals surface area contributed by atoms with E-state index in [2.05, 4.69) is 15.6 Å². The third-order valence-electron chi connectivity index (χ3n) is 3.66. The molecule has 1 aliphatic heterocycles. The largest absolute Gasteiger partial charge is 0.391 e. The first-order valence-electron chi connectivity index (χ1n) is 6.74. The lowest BCUT2D eigenvalue weighted by atomic mass is 10.1. The highest BCUT2D eigenvalue weighted by Crippen LogP contribution is 2.33. The Hall–Kier alpha value is -1.34. The van der Waals surface area contributed by atoms with Gasteiger partial charge in [-0.15, -0.1) is 11.3 Å². The fourth-order valence-electron chi connectivity index (χ4n) is 2.46. The number of halogens is 1. The summed E-state index contributed by atoms with van der Waals surface area (Å²) in [5.41, 5.74) is 1.43. The number of β-amino-alcohol motifs (C(OH)–C–C–N with tert-alkyl or cyclic N) is 1. The lowest BCUT2D eigenvalue weighted by molar-refractivity contribution is 0.0928. The highest BCUT2D eigenvalue weighted by Gasteiger charge is 2.25. The molecule has 1 aliphatic rings. The predicted octanol–water partition coefficient (Wildman–Crippen LogP) is 1.71. The normalized spacial score (nSPS) is 21.6. The molecule has 3 heterocycles. The minimum atomic E-state index is -0.396. The molecule has 2 aromatic rings. The number of amides is 1. The van der Waals surface area contributed by atoms with Gasteiger partial charge in [0.25, 0.3) is 5.91 Å². The van der Waals surface area contributed by atoms with E-state index in [9.17, 15) is 9.90 Å². The number of thiophene rings is 1. The SMILES string of the molecule is O=C(NCC1CNCC1O)c1c[nH]cc1-c1ccc(Cl)s1. The monoisotopic (exact) mass is 325 g/mol. The summed E-state index contributed by atoms with van der Waals surface area (Å²) in [4.78, 5) is 16.2. The van der Waals surface area contributed by atoms with Gasteiger partial charge in [-0.25, -0.2) is 0 Å².